The van der Waals surface area contributed by atoms with E-state index in [-0.39, 0.29) is 12.0 Å². The molecule has 2 amide bonds. The van der Waals surface area contributed by atoms with Crippen LogP contribution < -0.4 is 21.3 Å². The van der Waals surface area contributed by atoms with Crippen molar-refractivity contribution >= 4 is 34.2 Å². The Bertz CT molecular complexity index is 1040. The Morgan fingerprint density at radius 2 is 1.71 bits per heavy atom. The van der Waals surface area contributed by atoms with Crippen LogP contribution >= 0.6 is 15.9 Å². The summed E-state index contributed by atoms with van der Waals surface area (Å²) in [5.41, 5.74) is 1.91. The summed E-state index contributed by atoms with van der Waals surface area (Å²) in [6.45, 7) is 3.68. The summed E-state index contributed by atoms with van der Waals surface area (Å²) in [6, 6.07) is 15.6. The molecule has 38 heavy (non-hydrogen) atoms. The number of hydrogen-bond acceptors (Lipinski definition) is 3. The van der Waals surface area contributed by atoms with Crippen LogP contribution in [0, 0.1) is 11.3 Å². The predicted molar refractivity (Wildman–Crippen MR) is 157 cm³/mol. The van der Waals surface area contributed by atoms with E-state index in [0.717, 1.165) is 46.7 Å². The molecule has 8 heteroatoms. The monoisotopic (exact) mass is 583 g/mol. The summed E-state index contributed by atoms with van der Waals surface area (Å²) >= 11 is 3.54. The molecule has 0 saturated heterocycles. The lowest BCUT2D eigenvalue weighted by Gasteiger charge is -2.33. The van der Waals surface area contributed by atoms with Crippen LogP contribution in [-0.4, -0.2) is 24.8 Å². The minimum Gasteiger partial charge on any atom is -0.352 e. The Hall–Kier alpha value is -2.87. The second kappa shape index (κ2) is 15.5. The van der Waals surface area contributed by atoms with Gasteiger partial charge in [0.1, 0.15) is 11.8 Å². The molecule has 0 radical (unpaired) electrons. The Labute approximate surface area is 235 Å². The van der Waals surface area contributed by atoms with Gasteiger partial charge in [-0.05, 0) is 54.0 Å². The van der Waals surface area contributed by atoms with Crippen molar-refractivity contribution in [3.63, 3.8) is 0 Å². The van der Waals surface area contributed by atoms with Crippen LogP contribution in [0.1, 0.15) is 81.4 Å². The first-order chi connectivity index (χ1) is 18.4. The molecule has 206 valence electrons. The topological polar surface area (TPSA) is 106 Å². The maximum absolute atomic E-state index is 12.6. The van der Waals surface area contributed by atoms with Crippen molar-refractivity contribution in [1.82, 2.24) is 21.3 Å². The number of unbranched alkanes of at least 4 members (excludes halogenated alkanes) is 1. The molecule has 1 unspecified atom stereocenters. The molecule has 2 aromatic rings. The zero-order valence-corrected chi connectivity index (χ0v) is 24.0. The van der Waals surface area contributed by atoms with E-state index in [0.29, 0.717) is 32.0 Å². The molecule has 0 spiro atoms. The van der Waals surface area contributed by atoms with E-state index >= 15 is 0 Å². The number of guanidine groups is 1. The SMILES string of the molecule is CCCCNC(=O)NCc1ccc(CNC(=N)NC(C=O)(CCC2CCCCC2)c2cccc(Br)c2)cc1. The van der Waals surface area contributed by atoms with E-state index in [1.54, 1.807) is 0 Å². The van der Waals surface area contributed by atoms with Crippen LogP contribution in [0.2, 0.25) is 0 Å². The molecule has 0 bridgehead atoms. The van der Waals surface area contributed by atoms with Crippen molar-refractivity contribution in [2.45, 2.75) is 83.3 Å². The summed E-state index contributed by atoms with van der Waals surface area (Å²) in [5, 5.41) is 20.7. The molecule has 2 aromatic carbocycles. The highest BCUT2D eigenvalue weighted by atomic mass is 79.9. The summed E-state index contributed by atoms with van der Waals surface area (Å²) in [4.78, 5) is 24.4. The molecule has 1 saturated carbocycles. The maximum Gasteiger partial charge on any atom is 0.315 e. The highest BCUT2D eigenvalue weighted by Gasteiger charge is 2.34. The van der Waals surface area contributed by atoms with Crippen molar-refractivity contribution in [2.24, 2.45) is 5.92 Å². The van der Waals surface area contributed by atoms with Crippen molar-refractivity contribution in [2.75, 3.05) is 6.54 Å². The lowest BCUT2D eigenvalue weighted by Crippen LogP contribution is -2.51. The molecule has 1 fully saturated rings. The Balaban J connectivity index is 1.56. The minimum absolute atomic E-state index is 0.121. The van der Waals surface area contributed by atoms with Crippen LogP contribution in [0.25, 0.3) is 0 Å². The van der Waals surface area contributed by atoms with E-state index in [2.05, 4.69) is 44.1 Å². The molecular formula is C30H42BrN5O2. The average Bonchev–Trinajstić information content (AvgIpc) is 2.94. The Morgan fingerprint density at radius 1 is 1.03 bits per heavy atom. The third kappa shape index (κ3) is 9.46. The van der Waals surface area contributed by atoms with Crippen LogP contribution in [0.15, 0.2) is 53.0 Å². The van der Waals surface area contributed by atoms with Gasteiger partial charge in [0.2, 0.25) is 0 Å². The summed E-state index contributed by atoms with van der Waals surface area (Å²) in [7, 11) is 0. The first-order valence-electron chi connectivity index (χ1n) is 13.9. The largest absolute Gasteiger partial charge is 0.352 e. The smallest absolute Gasteiger partial charge is 0.315 e. The van der Waals surface area contributed by atoms with E-state index in [4.69, 9.17) is 5.41 Å². The zero-order valence-electron chi connectivity index (χ0n) is 22.5. The van der Waals surface area contributed by atoms with Gasteiger partial charge < -0.3 is 26.1 Å². The number of carbonyl (C=O) groups excluding carboxylic acids is 2. The molecule has 1 aliphatic carbocycles. The quantitative estimate of drug-likeness (QED) is 0.0847. The molecule has 0 aromatic heterocycles. The third-order valence-corrected chi connectivity index (χ3v) is 7.82. The highest BCUT2D eigenvalue weighted by molar-refractivity contribution is 9.10. The van der Waals surface area contributed by atoms with Crippen molar-refractivity contribution in [3.05, 3.63) is 69.7 Å². The first-order valence-corrected chi connectivity index (χ1v) is 14.7. The standard InChI is InChI=1S/C30H42BrN5O2/c1-2-3-18-33-29(38)35-21-25-14-12-24(13-15-25)20-34-28(32)36-30(22-37,26-10-7-11-27(31)19-26)17-16-23-8-5-4-6-9-23/h7,10-15,19,22-23H,2-6,8-9,16-18,20-21H2,1H3,(H3,32,34,36)(H2,33,35,38). The number of hydrogen-bond donors (Lipinski definition) is 5. The molecule has 0 aliphatic heterocycles. The summed E-state index contributed by atoms with van der Waals surface area (Å²) in [6.07, 6.45) is 10.9. The molecule has 0 heterocycles. The summed E-state index contributed by atoms with van der Waals surface area (Å²) in [5.74, 6) is 0.754. The number of urea groups is 1. The number of rotatable bonds is 13. The lowest BCUT2D eigenvalue weighted by molar-refractivity contribution is -0.113. The second-order valence-corrected chi connectivity index (χ2v) is 11.2. The third-order valence-electron chi connectivity index (χ3n) is 7.32. The van der Waals surface area contributed by atoms with Crippen molar-refractivity contribution in [3.8, 4) is 0 Å². The molecule has 1 atom stereocenters. The van der Waals surface area contributed by atoms with Crippen LogP contribution in [-0.2, 0) is 23.4 Å². The second-order valence-electron chi connectivity index (χ2n) is 10.3. The van der Waals surface area contributed by atoms with Gasteiger partial charge in [-0.1, -0.05) is 97.8 Å². The number of nitrogens with one attached hydrogen (secondary N) is 5. The van der Waals surface area contributed by atoms with Gasteiger partial charge in [-0.2, -0.15) is 0 Å². The van der Waals surface area contributed by atoms with E-state index in [9.17, 15) is 9.59 Å². The first kappa shape index (κ1) is 29.7. The van der Waals surface area contributed by atoms with Crippen LogP contribution in [0.3, 0.4) is 0 Å². The molecule has 7 nitrogen and oxygen atoms in total. The molecular weight excluding hydrogens is 542 g/mol. The van der Waals surface area contributed by atoms with E-state index in [1.165, 1.54) is 32.1 Å². The van der Waals surface area contributed by atoms with Crippen LogP contribution in [0.4, 0.5) is 4.79 Å². The van der Waals surface area contributed by atoms with E-state index in [1.807, 2.05) is 48.5 Å². The fourth-order valence-electron chi connectivity index (χ4n) is 4.97. The molecule has 1 aliphatic rings. The van der Waals surface area contributed by atoms with Gasteiger partial charge in [0.25, 0.3) is 0 Å². The normalized spacial score (nSPS) is 15.2. The Morgan fingerprint density at radius 3 is 2.34 bits per heavy atom. The minimum atomic E-state index is -0.960. The van der Waals surface area contributed by atoms with Crippen molar-refractivity contribution < 1.29 is 9.59 Å². The number of carbonyl (C=O) groups is 2. The maximum atomic E-state index is 12.6. The van der Waals surface area contributed by atoms with Gasteiger partial charge in [0, 0.05) is 24.1 Å². The zero-order chi connectivity index (χ0) is 27.2. The summed E-state index contributed by atoms with van der Waals surface area (Å²) < 4.78 is 0.910. The van der Waals surface area contributed by atoms with Crippen molar-refractivity contribution in [1.29, 1.82) is 5.41 Å². The van der Waals surface area contributed by atoms with Gasteiger partial charge in [0.15, 0.2) is 5.96 Å². The number of aldehydes is 1. The number of halogens is 1. The van der Waals surface area contributed by atoms with Gasteiger partial charge in [0.05, 0.1) is 0 Å². The average molecular weight is 585 g/mol. The molecule has 5 N–H and O–H groups in total. The number of amides is 2. The number of benzene rings is 2. The Kier molecular flexibility index (Phi) is 12.1. The fraction of sp³-hybridized carbons (Fsp3) is 0.500. The van der Waals surface area contributed by atoms with E-state index < -0.39 is 5.54 Å². The molecule has 3 rings (SSSR count). The fourth-order valence-corrected chi connectivity index (χ4v) is 5.36. The van der Waals surface area contributed by atoms with Crippen LogP contribution in [0.5, 0.6) is 0 Å². The highest BCUT2D eigenvalue weighted by Crippen LogP contribution is 2.33. The van der Waals surface area contributed by atoms with Gasteiger partial charge >= 0.3 is 6.03 Å². The van der Waals surface area contributed by atoms with Gasteiger partial charge in [-0.15, -0.1) is 0 Å². The lowest BCUT2D eigenvalue weighted by atomic mass is 9.79. The van der Waals surface area contributed by atoms with Gasteiger partial charge in [-0.3, -0.25) is 5.41 Å². The predicted octanol–water partition coefficient (Wildman–Crippen LogP) is 6.12. The van der Waals surface area contributed by atoms with Gasteiger partial charge in [-0.25, -0.2) is 4.79 Å².